The summed E-state index contributed by atoms with van der Waals surface area (Å²) in [6, 6.07) is 8.16. The summed E-state index contributed by atoms with van der Waals surface area (Å²) >= 11 is 0. The molecule has 0 heterocycles. The number of benzene rings is 1. The van der Waals surface area contributed by atoms with Crippen LogP contribution in [-0.4, -0.2) is 23.8 Å². The predicted octanol–water partition coefficient (Wildman–Crippen LogP) is 3.29. The average Bonchev–Trinajstić information content (AvgIpc) is 2.44. The van der Waals surface area contributed by atoms with Gasteiger partial charge in [0.2, 0.25) is 0 Å². The molecule has 2 N–H and O–H groups in total. The van der Waals surface area contributed by atoms with E-state index in [0.29, 0.717) is 6.04 Å². The van der Waals surface area contributed by atoms with Crippen LogP contribution in [0.1, 0.15) is 52.2 Å². The highest BCUT2D eigenvalue weighted by Gasteiger charge is 2.17. The summed E-state index contributed by atoms with van der Waals surface area (Å²) in [5.41, 5.74) is 0.923. The second kappa shape index (κ2) is 8.18. The Labute approximate surface area is 117 Å². The zero-order chi connectivity index (χ0) is 14.3. The van der Waals surface area contributed by atoms with Crippen LogP contribution in [0.3, 0.4) is 0 Å². The third-order valence-electron chi connectivity index (χ3n) is 3.33. The van der Waals surface area contributed by atoms with Gasteiger partial charge in [-0.2, -0.15) is 0 Å². The lowest BCUT2D eigenvalue weighted by atomic mass is 10.0. The molecular formula is C16H27NO2. The minimum absolute atomic E-state index is 0.0392. The summed E-state index contributed by atoms with van der Waals surface area (Å²) in [4.78, 5) is 0. The fourth-order valence-electron chi connectivity index (χ4n) is 1.93. The van der Waals surface area contributed by atoms with Crippen LogP contribution >= 0.6 is 0 Å². The van der Waals surface area contributed by atoms with E-state index in [1.807, 2.05) is 31.2 Å². The van der Waals surface area contributed by atoms with Crippen molar-refractivity contribution in [2.45, 2.75) is 58.7 Å². The van der Waals surface area contributed by atoms with E-state index in [4.69, 9.17) is 4.74 Å². The van der Waals surface area contributed by atoms with Crippen LogP contribution in [0.2, 0.25) is 0 Å². The molecule has 0 saturated carbocycles. The molecule has 19 heavy (non-hydrogen) atoms. The lowest BCUT2D eigenvalue weighted by Gasteiger charge is -2.24. The number of hydrogen-bond donors (Lipinski definition) is 2. The molecule has 1 aromatic carbocycles. The van der Waals surface area contributed by atoms with Crippen LogP contribution in [0.25, 0.3) is 0 Å². The van der Waals surface area contributed by atoms with Crippen molar-refractivity contribution in [3.8, 4) is 5.75 Å². The standard InChI is InChI=1S/C16H27NO2/c1-5-11-19-15-9-7-14(8-10-15)16(18)13(4)17-12(3)6-2/h7-10,12-13,16-18H,5-6,11H2,1-4H3. The van der Waals surface area contributed by atoms with Crippen molar-refractivity contribution in [2.24, 2.45) is 0 Å². The van der Waals surface area contributed by atoms with E-state index < -0.39 is 6.10 Å². The van der Waals surface area contributed by atoms with E-state index >= 15 is 0 Å². The van der Waals surface area contributed by atoms with Gasteiger partial charge in [0.15, 0.2) is 0 Å². The molecule has 0 amide bonds. The maximum absolute atomic E-state index is 10.3. The smallest absolute Gasteiger partial charge is 0.119 e. The third kappa shape index (κ3) is 5.21. The van der Waals surface area contributed by atoms with Gasteiger partial charge in [-0.1, -0.05) is 26.0 Å². The van der Waals surface area contributed by atoms with Crippen molar-refractivity contribution in [2.75, 3.05) is 6.61 Å². The zero-order valence-electron chi connectivity index (χ0n) is 12.5. The Morgan fingerprint density at radius 2 is 1.79 bits per heavy atom. The highest BCUT2D eigenvalue weighted by Crippen LogP contribution is 2.20. The third-order valence-corrected chi connectivity index (χ3v) is 3.33. The maximum atomic E-state index is 10.3. The molecule has 1 aromatic rings. The van der Waals surface area contributed by atoms with Crippen molar-refractivity contribution in [1.82, 2.24) is 5.32 Å². The number of rotatable bonds is 8. The molecule has 0 aliphatic heterocycles. The van der Waals surface area contributed by atoms with E-state index in [-0.39, 0.29) is 6.04 Å². The summed E-state index contributed by atoms with van der Waals surface area (Å²) < 4.78 is 5.54. The maximum Gasteiger partial charge on any atom is 0.119 e. The Balaban J connectivity index is 2.58. The SMILES string of the molecule is CCCOc1ccc(C(O)C(C)NC(C)CC)cc1. The molecule has 0 fully saturated rings. The monoisotopic (exact) mass is 265 g/mol. The van der Waals surface area contributed by atoms with Gasteiger partial charge in [0.05, 0.1) is 12.7 Å². The van der Waals surface area contributed by atoms with E-state index in [0.717, 1.165) is 30.8 Å². The van der Waals surface area contributed by atoms with Crippen molar-refractivity contribution in [3.63, 3.8) is 0 Å². The fraction of sp³-hybridized carbons (Fsp3) is 0.625. The Hall–Kier alpha value is -1.06. The van der Waals surface area contributed by atoms with Gasteiger partial charge in [-0.25, -0.2) is 0 Å². The van der Waals surface area contributed by atoms with Crippen LogP contribution < -0.4 is 10.1 Å². The molecule has 0 aromatic heterocycles. The molecule has 3 nitrogen and oxygen atoms in total. The van der Waals surface area contributed by atoms with Crippen LogP contribution in [0, 0.1) is 0 Å². The number of hydrogen-bond acceptors (Lipinski definition) is 3. The summed E-state index contributed by atoms with van der Waals surface area (Å²) in [6.45, 7) is 9.09. The first-order valence-corrected chi connectivity index (χ1v) is 7.25. The molecule has 108 valence electrons. The second-order valence-corrected chi connectivity index (χ2v) is 5.13. The van der Waals surface area contributed by atoms with Gasteiger partial charge in [-0.15, -0.1) is 0 Å². The van der Waals surface area contributed by atoms with Crippen molar-refractivity contribution in [1.29, 1.82) is 0 Å². The normalized spacial score (nSPS) is 15.8. The van der Waals surface area contributed by atoms with Gasteiger partial charge in [0.1, 0.15) is 5.75 Å². The first-order chi connectivity index (χ1) is 9.08. The first kappa shape index (κ1) is 16.0. The van der Waals surface area contributed by atoms with Crippen molar-refractivity contribution >= 4 is 0 Å². The van der Waals surface area contributed by atoms with E-state index in [1.165, 1.54) is 0 Å². The quantitative estimate of drug-likeness (QED) is 0.758. The molecule has 0 saturated heterocycles. The molecule has 0 bridgehead atoms. The van der Waals surface area contributed by atoms with Crippen molar-refractivity contribution < 1.29 is 9.84 Å². The van der Waals surface area contributed by atoms with Crippen LogP contribution in [0.15, 0.2) is 24.3 Å². The Morgan fingerprint density at radius 1 is 1.16 bits per heavy atom. The topological polar surface area (TPSA) is 41.5 Å². The fourth-order valence-corrected chi connectivity index (χ4v) is 1.93. The molecule has 0 spiro atoms. The lowest BCUT2D eigenvalue weighted by Crippen LogP contribution is -2.38. The molecule has 0 aliphatic rings. The molecular weight excluding hydrogens is 238 g/mol. The van der Waals surface area contributed by atoms with Gasteiger partial charge in [-0.05, 0) is 44.4 Å². The summed E-state index contributed by atoms with van der Waals surface area (Å²) in [5.74, 6) is 0.861. The van der Waals surface area contributed by atoms with Gasteiger partial charge < -0.3 is 15.2 Å². The second-order valence-electron chi connectivity index (χ2n) is 5.13. The van der Waals surface area contributed by atoms with Gasteiger partial charge >= 0.3 is 0 Å². The minimum Gasteiger partial charge on any atom is -0.494 e. The molecule has 3 atom stereocenters. The number of nitrogens with one attached hydrogen (secondary N) is 1. The molecule has 0 aliphatic carbocycles. The zero-order valence-corrected chi connectivity index (χ0v) is 12.5. The Bertz CT molecular complexity index is 350. The van der Waals surface area contributed by atoms with Crippen molar-refractivity contribution in [3.05, 3.63) is 29.8 Å². The highest BCUT2D eigenvalue weighted by molar-refractivity contribution is 5.29. The molecule has 3 unspecified atom stereocenters. The summed E-state index contributed by atoms with van der Waals surface area (Å²) in [7, 11) is 0. The lowest BCUT2D eigenvalue weighted by molar-refractivity contribution is 0.130. The highest BCUT2D eigenvalue weighted by atomic mass is 16.5. The predicted molar refractivity (Wildman–Crippen MR) is 79.5 cm³/mol. The van der Waals surface area contributed by atoms with Gasteiger partial charge in [0, 0.05) is 12.1 Å². The minimum atomic E-state index is -0.491. The number of aliphatic hydroxyl groups is 1. The van der Waals surface area contributed by atoms with Crippen LogP contribution in [0.4, 0.5) is 0 Å². The summed E-state index contributed by atoms with van der Waals surface area (Å²) in [6.07, 6.45) is 1.57. The number of ether oxygens (including phenoxy) is 1. The average molecular weight is 265 g/mol. The van der Waals surface area contributed by atoms with Crippen LogP contribution in [-0.2, 0) is 0 Å². The summed E-state index contributed by atoms with van der Waals surface area (Å²) in [5, 5.41) is 13.7. The van der Waals surface area contributed by atoms with Gasteiger partial charge in [-0.3, -0.25) is 0 Å². The van der Waals surface area contributed by atoms with Gasteiger partial charge in [0.25, 0.3) is 0 Å². The van der Waals surface area contributed by atoms with E-state index in [2.05, 4.69) is 26.1 Å². The van der Waals surface area contributed by atoms with E-state index in [1.54, 1.807) is 0 Å². The first-order valence-electron chi connectivity index (χ1n) is 7.25. The molecule has 3 heteroatoms. The van der Waals surface area contributed by atoms with Crippen LogP contribution in [0.5, 0.6) is 5.75 Å². The number of aliphatic hydroxyl groups excluding tert-OH is 1. The molecule has 1 rings (SSSR count). The Morgan fingerprint density at radius 3 is 2.32 bits per heavy atom. The Kier molecular flexibility index (Phi) is 6.89. The molecule has 0 radical (unpaired) electrons. The largest absolute Gasteiger partial charge is 0.494 e. The van der Waals surface area contributed by atoms with E-state index in [9.17, 15) is 5.11 Å².